The van der Waals surface area contributed by atoms with Gasteiger partial charge in [0.25, 0.3) is 0 Å². The number of hydrogen-bond donors (Lipinski definition) is 1. The van der Waals surface area contributed by atoms with Crippen LogP contribution in [0.2, 0.25) is 0 Å². The second-order valence-corrected chi connectivity index (χ2v) is 5.33. The van der Waals surface area contributed by atoms with E-state index in [1.807, 2.05) is 0 Å². The molecular weight excluding hydrogens is 184 g/mol. The Bertz CT molecular complexity index is 177. The van der Waals surface area contributed by atoms with Crippen LogP contribution >= 0.6 is 0 Å². The minimum Gasteiger partial charge on any atom is -0.313 e. The summed E-state index contributed by atoms with van der Waals surface area (Å²) in [4.78, 5) is 2.66. The van der Waals surface area contributed by atoms with E-state index in [2.05, 4.69) is 17.1 Å². The molecule has 1 aliphatic heterocycles. The highest BCUT2D eigenvalue weighted by atomic mass is 15.2. The third-order valence-corrected chi connectivity index (χ3v) is 4.03. The second-order valence-electron chi connectivity index (χ2n) is 5.33. The smallest absolute Gasteiger partial charge is 0.0207 e. The Morgan fingerprint density at radius 2 is 2.13 bits per heavy atom. The summed E-state index contributed by atoms with van der Waals surface area (Å²) in [6, 6.07) is 0.784. The Morgan fingerprint density at radius 3 is 2.80 bits per heavy atom. The van der Waals surface area contributed by atoms with Gasteiger partial charge in [-0.05, 0) is 44.8 Å². The molecule has 0 spiro atoms. The molecule has 0 aromatic heterocycles. The molecule has 15 heavy (non-hydrogen) atoms. The lowest BCUT2D eigenvalue weighted by atomic mass is 9.83. The van der Waals surface area contributed by atoms with Crippen LogP contribution in [0.3, 0.4) is 0 Å². The fourth-order valence-corrected chi connectivity index (χ4v) is 2.70. The van der Waals surface area contributed by atoms with E-state index in [0.29, 0.717) is 0 Å². The largest absolute Gasteiger partial charge is 0.313 e. The van der Waals surface area contributed by atoms with Gasteiger partial charge in [-0.2, -0.15) is 0 Å². The van der Waals surface area contributed by atoms with E-state index < -0.39 is 0 Å². The van der Waals surface area contributed by atoms with Crippen molar-refractivity contribution in [3.63, 3.8) is 0 Å². The lowest BCUT2D eigenvalue weighted by molar-refractivity contribution is 0.236. The molecule has 1 heterocycles. The Kier molecular flexibility index (Phi) is 4.45. The van der Waals surface area contributed by atoms with Gasteiger partial charge in [0.1, 0.15) is 0 Å². The van der Waals surface area contributed by atoms with E-state index in [1.54, 1.807) is 0 Å². The quantitative estimate of drug-likeness (QED) is 0.723. The van der Waals surface area contributed by atoms with Crippen LogP contribution < -0.4 is 5.32 Å². The maximum Gasteiger partial charge on any atom is 0.0207 e. The van der Waals surface area contributed by atoms with Gasteiger partial charge in [-0.1, -0.05) is 26.2 Å². The number of nitrogens with one attached hydrogen (secondary N) is 1. The molecule has 1 unspecified atom stereocenters. The fraction of sp³-hybridized carbons (Fsp3) is 1.00. The van der Waals surface area contributed by atoms with Crippen LogP contribution in [-0.4, -0.2) is 37.1 Å². The highest BCUT2D eigenvalue weighted by Crippen LogP contribution is 2.29. The zero-order valence-electron chi connectivity index (χ0n) is 10.2. The molecule has 2 aliphatic rings. The van der Waals surface area contributed by atoms with Gasteiger partial charge in [0, 0.05) is 12.6 Å². The topological polar surface area (TPSA) is 15.3 Å². The maximum atomic E-state index is 3.64. The predicted molar refractivity (Wildman–Crippen MR) is 65.1 cm³/mol. The molecule has 1 aliphatic carbocycles. The van der Waals surface area contributed by atoms with Crippen molar-refractivity contribution in [1.82, 2.24) is 10.2 Å². The molecule has 0 amide bonds. The molecule has 1 saturated heterocycles. The summed E-state index contributed by atoms with van der Waals surface area (Å²) in [5, 5.41) is 3.64. The molecule has 1 atom stereocenters. The summed E-state index contributed by atoms with van der Waals surface area (Å²) in [6.07, 6.45) is 8.59. The van der Waals surface area contributed by atoms with Crippen molar-refractivity contribution in [2.75, 3.05) is 26.2 Å². The molecule has 0 bridgehead atoms. The van der Waals surface area contributed by atoms with Crippen LogP contribution in [0, 0.1) is 5.92 Å². The SMILES string of the molecule is CCCNC1CCN(CCC2CCC2)C1. The van der Waals surface area contributed by atoms with Crippen LogP contribution in [0.1, 0.15) is 45.4 Å². The lowest BCUT2D eigenvalue weighted by Crippen LogP contribution is -2.33. The highest BCUT2D eigenvalue weighted by molar-refractivity contribution is 4.81. The zero-order chi connectivity index (χ0) is 10.5. The summed E-state index contributed by atoms with van der Waals surface area (Å²) < 4.78 is 0. The van der Waals surface area contributed by atoms with Crippen molar-refractivity contribution in [2.45, 2.75) is 51.5 Å². The van der Waals surface area contributed by atoms with E-state index >= 15 is 0 Å². The lowest BCUT2D eigenvalue weighted by Gasteiger charge is -2.27. The summed E-state index contributed by atoms with van der Waals surface area (Å²) in [5.74, 6) is 1.08. The second kappa shape index (κ2) is 5.86. The van der Waals surface area contributed by atoms with Gasteiger partial charge < -0.3 is 10.2 Å². The van der Waals surface area contributed by atoms with Gasteiger partial charge in [-0.25, -0.2) is 0 Å². The molecule has 88 valence electrons. The minimum atomic E-state index is 0.784. The summed E-state index contributed by atoms with van der Waals surface area (Å²) in [7, 11) is 0. The number of nitrogens with zero attached hydrogens (tertiary/aromatic N) is 1. The first kappa shape index (κ1) is 11.4. The van der Waals surface area contributed by atoms with Crippen molar-refractivity contribution in [1.29, 1.82) is 0 Å². The summed E-state index contributed by atoms with van der Waals surface area (Å²) in [6.45, 7) is 7.42. The zero-order valence-corrected chi connectivity index (χ0v) is 10.2. The molecular formula is C13H26N2. The molecule has 1 saturated carbocycles. The Hall–Kier alpha value is -0.0800. The fourth-order valence-electron chi connectivity index (χ4n) is 2.70. The van der Waals surface area contributed by atoms with Crippen LogP contribution in [0.15, 0.2) is 0 Å². The summed E-state index contributed by atoms with van der Waals surface area (Å²) in [5.41, 5.74) is 0. The first-order chi connectivity index (χ1) is 7.38. The van der Waals surface area contributed by atoms with E-state index in [4.69, 9.17) is 0 Å². The standard InChI is InChI=1S/C13H26N2/c1-2-8-14-13-7-10-15(11-13)9-6-12-4-3-5-12/h12-14H,2-11H2,1H3. The molecule has 0 aromatic carbocycles. The van der Waals surface area contributed by atoms with Crippen LogP contribution in [0.4, 0.5) is 0 Å². The maximum absolute atomic E-state index is 3.64. The Morgan fingerprint density at radius 1 is 1.27 bits per heavy atom. The van der Waals surface area contributed by atoms with E-state index in [-0.39, 0.29) is 0 Å². The molecule has 1 N–H and O–H groups in total. The first-order valence-electron chi connectivity index (χ1n) is 6.84. The number of likely N-dealkylation sites (tertiary alicyclic amines) is 1. The molecule has 2 heteroatoms. The third kappa shape index (κ3) is 3.46. The third-order valence-electron chi connectivity index (χ3n) is 4.03. The first-order valence-corrected chi connectivity index (χ1v) is 6.84. The van der Waals surface area contributed by atoms with E-state index in [1.165, 1.54) is 64.7 Å². The average Bonchev–Trinajstić information content (AvgIpc) is 2.60. The van der Waals surface area contributed by atoms with Gasteiger partial charge >= 0.3 is 0 Å². The van der Waals surface area contributed by atoms with Gasteiger partial charge in [-0.3, -0.25) is 0 Å². The normalized spacial score (nSPS) is 28.2. The van der Waals surface area contributed by atoms with Crippen molar-refractivity contribution in [2.24, 2.45) is 5.92 Å². The predicted octanol–water partition coefficient (Wildman–Crippen LogP) is 2.25. The average molecular weight is 210 g/mol. The van der Waals surface area contributed by atoms with Crippen molar-refractivity contribution in [3.8, 4) is 0 Å². The van der Waals surface area contributed by atoms with E-state index in [0.717, 1.165) is 12.0 Å². The van der Waals surface area contributed by atoms with E-state index in [9.17, 15) is 0 Å². The minimum absolute atomic E-state index is 0.784. The summed E-state index contributed by atoms with van der Waals surface area (Å²) >= 11 is 0. The Labute approximate surface area is 94.4 Å². The monoisotopic (exact) mass is 210 g/mol. The van der Waals surface area contributed by atoms with Gasteiger partial charge in [0.15, 0.2) is 0 Å². The molecule has 2 fully saturated rings. The molecule has 0 aromatic rings. The number of rotatable bonds is 6. The van der Waals surface area contributed by atoms with Gasteiger partial charge in [-0.15, -0.1) is 0 Å². The van der Waals surface area contributed by atoms with Crippen LogP contribution in [0.25, 0.3) is 0 Å². The van der Waals surface area contributed by atoms with Crippen LogP contribution in [-0.2, 0) is 0 Å². The van der Waals surface area contributed by atoms with Gasteiger partial charge in [0.2, 0.25) is 0 Å². The molecule has 0 radical (unpaired) electrons. The van der Waals surface area contributed by atoms with Crippen molar-refractivity contribution >= 4 is 0 Å². The van der Waals surface area contributed by atoms with Gasteiger partial charge in [0.05, 0.1) is 0 Å². The number of hydrogen-bond acceptors (Lipinski definition) is 2. The van der Waals surface area contributed by atoms with Crippen LogP contribution in [0.5, 0.6) is 0 Å². The molecule has 2 nitrogen and oxygen atoms in total. The Balaban J connectivity index is 1.55. The molecule has 2 rings (SSSR count). The van der Waals surface area contributed by atoms with Crippen molar-refractivity contribution in [3.05, 3.63) is 0 Å². The van der Waals surface area contributed by atoms with Crippen molar-refractivity contribution < 1.29 is 0 Å². The highest BCUT2D eigenvalue weighted by Gasteiger charge is 2.23.